The van der Waals surface area contributed by atoms with Crippen LogP contribution in [0.1, 0.15) is 6.42 Å². The summed E-state index contributed by atoms with van der Waals surface area (Å²) in [6, 6.07) is 14.5. The van der Waals surface area contributed by atoms with Crippen molar-refractivity contribution in [1.29, 1.82) is 0 Å². The van der Waals surface area contributed by atoms with Gasteiger partial charge in [-0.05, 0) is 36.4 Å². The van der Waals surface area contributed by atoms with Crippen molar-refractivity contribution < 1.29 is 14.3 Å². The maximum atomic E-state index is 12.2. The number of carbonyl (C=O) groups is 2. The monoisotopic (exact) mass is 390 g/mol. The van der Waals surface area contributed by atoms with E-state index in [-0.39, 0.29) is 23.6 Å². The molecule has 1 fully saturated rings. The molecule has 0 radical (unpaired) electrons. The number of benzene rings is 2. The number of ether oxygens (including phenoxy) is 1. The van der Waals surface area contributed by atoms with E-state index < -0.39 is 0 Å². The topological polar surface area (TPSA) is 58.6 Å². The molecule has 0 spiro atoms. The second kappa shape index (κ2) is 8.47. The number of amides is 2. The van der Waals surface area contributed by atoms with Crippen LogP contribution in [-0.4, -0.2) is 37.3 Å². The van der Waals surface area contributed by atoms with Crippen molar-refractivity contribution >= 4 is 40.9 Å². The van der Waals surface area contributed by atoms with Crippen molar-refractivity contribution in [1.82, 2.24) is 5.32 Å². The summed E-state index contributed by atoms with van der Waals surface area (Å²) in [5, 5.41) is 3.52. The van der Waals surface area contributed by atoms with Crippen LogP contribution in [0.15, 0.2) is 53.4 Å². The summed E-state index contributed by atoms with van der Waals surface area (Å²) in [6.45, 7) is 0.453. The molecule has 1 aliphatic heterocycles. The van der Waals surface area contributed by atoms with E-state index in [0.717, 1.165) is 16.3 Å². The minimum absolute atomic E-state index is 0.0157. The average Bonchev–Trinajstić information content (AvgIpc) is 3.00. The third-order valence-corrected chi connectivity index (χ3v) is 5.25. The minimum Gasteiger partial charge on any atom is -0.497 e. The lowest BCUT2D eigenvalue weighted by Crippen LogP contribution is -2.38. The molecule has 0 bridgehead atoms. The third-order valence-electron chi connectivity index (χ3n) is 4.02. The standard InChI is InChI=1S/C19H19ClN2O3S/c1-25-16-6-3-7-17(10-16)26-12-18(23)21-14-9-19(24)22(11-14)15-5-2-4-13(20)8-15/h2-8,10,14H,9,11-12H2,1H3,(H,21,23)/t14-/m1/s1. The first-order valence-electron chi connectivity index (χ1n) is 8.17. The van der Waals surface area contributed by atoms with E-state index in [1.807, 2.05) is 36.4 Å². The van der Waals surface area contributed by atoms with Crippen LogP contribution in [0, 0.1) is 0 Å². The Morgan fingerprint density at radius 1 is 1.31 bits per heavy atom. The molecule has 1 N–H and O–H groups in total. The van der Waals surface area contributed by atoms with Crippen LogP contribution in [0.3, 0.4) is 0 Å². The fourth-order valence-electron chi connectivity index (χ4n) is 2.81. The molecule has 1 aliphatic rings. The number of rotatable bonds is 6. The lowest BCUT2D eigenvalue weighted by molar-refractivity contribution is -0.119. The van der Waals surface area contributed by atoms with Gasteiger partial charge in [-0.15, -0.1) is 11.8 Å². The van der Waals surface area contributed by atoms with Crippen molar-refractivity contribution in [2.45, 2.75) is 17.4 Å². The van der Waals surface area contributed by atoms with Gasteiger partial charge in [0.1, 0.15) is 5.75 Å². The van der Waals surface area contributed by atoms with Gasteiger partial charge in [0.2, 0.25) is 11.8 Å². The molecule has 2 amide bonds. The van der Waals surface area contributed by atoms with E-state index in [4.69, 9.17) is 16.3 Å². The Bertz CT molecular complexity index is 815. The highest BCUT2D eigenvalue weighted by molar-refractivity contribution is 8.00. The van der Waals surface area contributed by atoms with Gasteiger partial charge in [-0.25, -0.2) is 0 Å². The minimum atomic E-state index is -0.195. The summed E-state index contributed by atoms with van der Waals surface area (Å²) in [4.78, 5) is 27.1. The number of thioether (sulfide) groups is 1. The first-order valence-corrected chi connectivity index (χ1v) is 9.53. The van der Waals surface area contributed by atoms with Crippen molar-refractivity contribution in [3.05, 3.63) is 53.6 Å². The Balaban J connectivity index is 1.52. The van der Waals surface area contributed by atoms with Crippen molar-refractivity contribution in [2.75, 3.05) is 24.3 Å². The Hall–Kier alpha value is -2.18. The van der Waals surface area contributed by atoms with E-state index in [1.165, 1.54) is 11.8 Å². The molecule has 26 heavy (non-hydrogen) atoms. The van der Waals surface area contributed by atoms with Gasteiger partial charge < -0.3 is 15.0 Å². The predicted molar refractivity (Wildman–Crippen MR) is 104 cm³/mol. The Morgan fingerprint density at radius 2 is 2.12 bits per heavy atom. The summed E-state index contributed by atoms with van der Waals surface area (Å²) in [6.07, 6.45) is 0.294. The molecule has 0 unspecified atom stereocenters. The number of hydrogen-bond acceptors (Lipinski definition) is 4. The largest absolute Gasteiger partial charge is 0.497 e. The second-order valence-corrected chi connectivity index (χ2v) is 7.41. The number of hydrogen-bond donors (Lipinski definition) is 1. The molecule has 5 nitrogen and oxygen atoms in total. The highest BCUT2D eigenvalue weighted by Crippen LogP contribution is 2.25. The molecule has 0 saturated carbocycles. The number of halogens is 1. The fourth-order valence-corrected chi connectivity index (χ4v) is 3.75. The van der Waals surface area contributed by atoms with Gasteiger partial charge in [-0.2, -0.15) is 0 Å². The van der Waals surface area contributed by atoms with Crippen LogP contribution in [0.2, 0.25) is 5.02 Å². The van der Waals surface area contributed by atoms with E-state index in [0.29, 0.717) is 18.0 Å². The molecule has 1 atom stereocenters. The number of anilines is 1. The average molecular weight is 391 g/mol. The van der Waals surface area contributed by atoms with Crippen LogP contribution in [0.25, 0.3) is 0 Å². The highest BCUT2D eigenvalue weighted by atomic mass is 35.5. The van der Waals surface area contributed by atoms with Gasteiger partial charge in [0.25, 0.3) is 0 Å². The van der Waals surface area contributed by atoms with Gasteiger partial charge >= 0.3 is 0 Å². The summed E-state index contributed by atoms with van der Waals surface area (Å²) in [7, 11) is 1.61. The number of carbonyl (C=O) groups excluding carboxylic acids is 2. The molecule has 7 heteroatoms. The zero-order valence-corrected chi connectivity index (χ0v) is 15.8. The Labute approximate surface area is 161 Å². The summed E-state index contributed by atoms with van der Waals surface area (Å²) >= 11 is 7.43. The van der Waals surface area contributed by atoms with Gasteiger partial charge in [-0.3, -0.25) is 9.59 Å². The third kappa shape index (κ3) is 4.71. The van der Waals surface area contributed by atoms with Crippen LogP contribution in [-0.2, 0) is 9.59 Å². The van der Waals surface area contributed by atoms with Crippen molar-refractivity contribution in [3.63, 3.8) is 0 Å². The van der Waals surface area contributed by atoms with Gasteiger partial charge in [0, 0.05) is 28.6 Å². The van der Waals surface area contributed by atoms with Gasteiger partial charge in [0.05, 0.1) is 18.9 Å². The van der Waals surface area contributed by atoms with Crippen molar-refractivity contribution in [3.8, 4) is 5.75 Å². The predicted octanol–water partition coefficient (Wildman–Crippen LogP) is 3.36. The Morgan fingerprint density at radius 3 is 2.88 bits per heavy atom. The van der Waals surface area contributed by atoms with Crippen LogP contribution >= 0.6 is 23.4 Å². The molecular weight excluding hydrogens is 372 g/mol. The first-order chi connectivity index (χ1) is 12.5. The quantitative estimate of drug-likeness (QED) is 0.768. The lowest BCUT2D eigenvalue weighted by Gasteiger charge is -2.17. The Kier molecular flexibility index (Phi) is 6.06. The van der Waals surface area contributed by atoms with E-state index in [2.05, 4.69) is 5.32 Å². The molecule has 1 saturated heterocycles. The number of methoxy groups -OCH3 is 1. The molecule has 3 rings (SSSR count). The number of nitrogens with one attached hydrogen (secondary N) is 1. The highest BCUT2D eigenvalue weighted by Gasteiger charge is 2.31. The molecule has 2 aromatic rings. The van der Waals surface area contributed by atoms with E-state index >= 15 is 0 Å². The smallest absolute Gasteiger partial charge is 0.230 e. The fraction of sp³-hybridized carbons (Fsp3) is 0.263. The zero-order valence-electron chi connectivity index (χ0n) is 14.3. The number of nitrogens with zero attached hydrogens (tertiary/aromatic N) is 1. The van der Waals surface area contributed by atoms with Crippen LogP contribution in [0.5, 0.6) is 5.75 Å². The van der Waals surface area contributed by atoms with Crippen LogP contribution < -0.4 is 15.0 Å². The summed E-state index contributed by atoms with van der Waals surface area (Å²) < 4.78 is 5.18. The maximum absolute atomic E-state index is 12.2. The van der Waals surface area contributed by atoms with Gasteiger partial charge in [0.15, 0.2) is 0 Å². The summed E-state index contributed by atoms with van der Waals surface area (Å²) in [5.74, 6) is 0.935. The SMILES string of the molecule is COc1cccc(SCC(=O)N[C@@H]2CC(=O)N(c3cccc(Cl)c3)C2)c1. The van der Waals surface area contributed by atoms with E-state index in [9.17, 15) is 9.59 Å². The van der Waals surface area contributed by atoms with E-state index in [1.54, 1.807) is 24.1 Å². The summed E-state index contributed by atoms with van der Waals surface area (Å²) in [5.41, 5.74) is 0.755. The zero-order chi connectivity index (χ0) is 18.5. The first kappa shape index (κ1) is 18.6. The van der Waals surface area contributed by atoms with Crippen molar-refractivity contribution in [2.24, 2.45) is 0 Å². The molecule has 1 heterocycles. The van der Waals surface area contributed by atoms with Gasteiger partial charge in [-0.1, -0.05) is 23.7 Å². The lowest BCUT2D eigenvalue weighted by atomic mass is 10.2. The molecule has 0 aliphatic carbocycles. The van der Waals surface area contributed by atoms with Crippen LogP contribution in [0.4, 0.5) is 5.69 Å². The molecule has 136 valence electrons. The second-order valence-electron chi connectivity index (χ2n) is 5.92. The molecule has 0 aromatic heterocycles. The normalized spacial score (nSPS) is 16.6. The molecule has 2 aromatic carbocycles. The maximum Gasteiger partial charge on any atom is 0.230 e. The molecular formula is C19H19ClN2O3S.